The van der Waals surface area contributed by atoms with Crippen LogP contribution in [-0.2, 0) is 11.8 Å². The van der Waals surface area contributed by atoms with Crippen LogP contribution < -0.4 is 4.74 Å². The monoisotopic (exact) mass is 220 g/mol. The van der Waals surface area contributed by atoms with Crippen LogP contribution in [0.4, 0.5) is 0 Å². The van der Waals surface area contributed by atoms with Crippen LogP contribution in [0.1, 0.15) is 51.7 Å². The van der Waals surface area contributed by atoms with Gasteiger partial charge in [-0.15, -0.1) is 0 Å². The van der Waals surface area contributed by atoms with Crippen LogP contribution >= 0.6 is 0 Å². The fraction of sp³-hybridized carbons (Fsp3) is 0.600. The molecule has 0 radical (unpaired) electrons. The minimum atomic E-state index is 0.234. The maximum Gasteiger partial charge on any atom is 0.122 e. The lowest BCUT2D eigenvalue weighted by Crippen LogP contribution is -2.15. The summed E-state index contributed by atoms with van der Waals surface area (Å²) < 4.78 is 5.48. The molecule has 0 aromatic heterocycles. The molecule has 90 valence electrons. The number of rotatable bonds is 5. The van der Waals surface area contributed by atoms with Crippen molar-refractivity contribution in [2.75, 3.05) is 7.11 Å². The predicted octanol–water partition coefficient (Wildman–Crippen LogP) is 4.34. The van der Waals surface area contributed by atoms with Crippen LogP contribution in [0.15, 0.2) is 18.2 Å². The summed E-state index contributed by atoms with van der Waals surface area (Å²) in [7, 11) is 1.76. The van der Waals surface area contributed by atoms with Crippen LogP contribution in [0.3, 0.4) is 0 Å². The third kappa shape index (κ3) is 2.78. The lowest BCUT2D eigenvalue weighted by molar-refractivity contribution is 0.406. The first kappa shape index (κ1) is 13.1. The van der Waals surface area contributed by atoms with Crippen molar-refractivity contribution in [1.82, 2.24) is 0 Å². The van der Waals surface area contributed by atoms with E-state index in [0.717, 1.165) is 25.0 Å². The molecule has 0 N–H and O–H groups in total. The molecule has 1 aromatic rings. The topological polar surface area (TPSA) is 9.23 Å². The molecule has 0 saturated carbocycles. The van der Waals surface area contributed by atoms with Crippen molar-refractivity contribution in [2.24, 2.45) is 0 Å². The van der Waals surface area contributed by atoms with Gasteiger partial charge >= 0.3 is 0 Å². The van der Waals surface area contributed by atoms with Gasteiger partial charge in [0.1, 0.15) is 5.75 Å². The van der Waals surface area contributed by atoms with Gasteiger partial charge in [-0.25, -0.2) is 0 Å². The lowest BCUT2D eigenvalue weighted by Gasteiger charge is -2.24. The highest BCUT2D eigenvalue weighted by molar-refractivity contribution is 5.40. The Bertz CT molecular complexity index is 339. The van der Waals surface area contributed by atoms with Gasteiger partial charge in [-0.3, -0.25) is 0 Å². The molecule has 1 aromatic carbocycles. The van der Waals surface area contributed by atoms with Crippen LogP contribution in [0, 0.1) is 0 Å². The Labute approximate surface area is 99.8 Å². The van der Waals surface area contributed by atoms with E-state index in [1.54, 1.807) is 7.11 Å². The van der Waals surface area contributed by atoms with Crippen LogP contribution in [0.2, 0.25) is 0 Å². The molecule has 0 fully saturated rings. The Balaban J connectivity index is 3.08. The van der Waals surface area contributed by atoms with Crippen LogP contribution in [-0.4, -0.2) is 7.11 Å². The fourth-order valence-electron chi connectivity index (χ4n) is 1.85. The molecule has 1 heteroatoms. The molecule has 0 atom stereocenters. The molecule has 0 unspecified atom stereocenters. The van der Waals surface area contributed by atoms with E-state index < -0.39 is 0 Å². The highest BCUT2D eigenvalue weighted by Gasteiger charge is 2.19. The maximum absolute atomic E-state index is 5.48. The average Bonchev–Trinajstić information content (AvgIpc) is 2.29. The van der Waals surface area contributed by atoms with Gasteiger partial charge in [0.05, 0.1) is 7.11 Å². The van der Waals surface area contributed by atoms with Crippen molar-refractivity contribution >= 4 is 0 Å². The van der Waals surface area contributed by atoms with Gasteiger partial charge in [-0.05, 0) is 35.4 Å². The van der Waals surface area contributed by atoms with Crippen LogP contribution in [0.25, 0.3) is 0 Å². The first-order valence-electron chi connectivity index (χ1n) is 6.22. The highest BCUT2D eigenvalue weighted by atomic mass is 16.5. The van der Waals surface area contributed by atoms with E-state index in [-0.39, 0.29) is 5.41 Å². The van der Waals surface area contributed by atoms with Gasteiger partial charge in [0.2, 0.25) is 0 Å². The number of aryl methyl sites for hydroxylation is 1. The molecule has 1 nitrogen and oxygen atoms in total. The Hall–Kier alpha value is -0.980. The van der Waals surface area contributed by atoms with Crippen molar-refractivity contribution in [3.8, 4) is 5.75 Å². The summed E-state index contributed by atoms with van der Waals surface area (Å²) in [6, 6.07) is 6.67. The highest BCUT2D eigenvalue weighted by Crippen LogP contribution is 2.31. The van der Waals surface area contributed by atoms with Crippen molar-refractivity contribution in [1.29, 1.82) is 0 Å². The SMILES string of the molecule is CCCc1ccc(C(C)(C)CC)cc1OC. The second-order valence-electron chi connectivity index (χ2n) is 5.01. The zero-order valence-electron chi connectivity index (χ0n) is 11.3. The van der Waals surface area contributed by atoms with E-state index in [2.05, 4.69) is 45.9 Å². The summed E-state index contributed by atoms with van der Waals surface area (Å²) in [4.78, 5) is 0. The smallest absolute Gasteiger partial charge is 0.122 e. The van der Waals surface area contributed by atoms with Gasteiger partial charge in [0.15, 0.2) is 0 Å². The van der Waals surface area contributed by atoms with Gasteiger partial charge in [-0.2, -0.15) is 0 Å². The lowest BCUT2D eigenvalue weighted by atomic mass is 9.81. The van der Waals surface area contributed by atoms with E-state index in [1.807, 2.05) is 0 Å². The zero-order chi connectivity index (χ0) is 12.2. The molecule has 0 aliphatic heterocycles. The largest absolute Gasteiger partial charge is 0.496 e. The molecule has 16 heavy (non-hydrogen) atoms. The standard InChI is InChI=1S/C15H24O/c1-6-8-12-9-10-13(11-14(12)16-5)15(3,4)7-2/h9-11H,6-8H2,1-5H3. The molecular weight excluding hydrogens is 196 g/mol. The molecule has 0 spiro atoms. The average molecular weight is 220 g/mol. The maximum atomic E-state index is 5.48. The summed E-state index contributed by atoms with van der Waals surface area (Å²) >= 11 is 0. The number of hydrogen-bond acceptors (Lipinski definition) is 1. The Kier molecular flexibility index (Phi) is 4.40. The Morgan fingerprint density at radius 2 is 1.88 bits per heavy atom. The molecular formula is C15H24O. The normalized spacial score (nSPS) is 11.6. The van der Waals surface area contributed by atoms with Crippen molar-refractivity contribution < 1.29 is 4.74 Å². The van der Waals surface area contributed by atoms with Gasteiger partial charge in [0.25, 0.3) is 0 Å². The van der Waals surface area contributed by atoms with E-state index in [0.29, 0.717) is 0 Å². The van der Waals surface area contributed by atoms with E-state index >= 15 is 0 Å². The molecule has 0 aliphatic rings. The third-order valence-corrected chi connectivity index (χ3v) is 3.47. The number of benzene rings is 1. The Morgan fingerprint density at radius 1 is 1.19 bits per heavy atom. The van der Waals surface area contributed by atoms with Gasteiger partial charge in [-0.1, -0.05) is 46.2 Å². The van der Waals surface area contributed by atoms with E-state index in [1.165, 1.54) is 11.1 Å². The minimum Gasteiger partial charge on any atom is -0.496 e. The molecule has 0 aliphatic carbocycles. The first-order chi connectivity index (χ1) is 7.55. The van der Waals surface area contributed by atoms with Gasteiger partial charge < -0.3 is 4.74 Å². The third-order valence-electron chi connectivity index (χ3n) is 3.47. The number of methoxy groups -OCH3 is 1. The second-order valence-corrected chi connectivity index (χ2v) is 5.01. The summed E-state index contributed by atoms with van der Waals surface area (Å²) in [5.74, 6) is 1.04. The molecule has 0 bridgehead atoms. The Morgan fingerprint density at radius 3 is 2.38 bits per heavy atom. The van der Waals surface area contributed by atoms with E-state index in [9.17, 15) is 0 Å². The summed E-state index contributed by atoms with van der Waals surface area (Å²) in [6.07, 6.45) is 3.40. The molecule has 0 heterocycles. The summed E-state index contributed by atoms with van der Waals surface area (Å²) in [5.41, 5.74) is 2.92. The van der Waals surface area contributed by atoms with Gasteiger partial charge in [0, 0.05) is 0 Å². The molecule has 0 saturated heterocycles. The molecule has 0 amide bonds. The van der Waals surface area contributed by atoms with Crippen molar-refractivity contribution in [3.63, 3.8) is 0 Å². The van der Waals surface area contributed by atoms with E-state index in [4.69, 9.17) is 4.74 Å². The summed E-state index contributed by atoms with van der Waals surface area (Å²) in [5, 5.41) is 0. The fourth-order valence-corrected chi connectivity index (χ4v) is 1.85. The second kappa shape index (κ2) is 5.38. The summed E-state index contributed by atoms with van der Waals surface area (Å²) in [6.45, 7) is 8.98. The number of ether oxygens (including phenoxy) is 1. The first-order valence-corrected chi connectivity index (χ1v) is 6.22. The quantitative estimate of drug-likeness (QED) is 0.717. The van der Waals surface area contributed by atoms with Crippen molar-refractivity contribution in [3.05, 3.63) is 29.3 Å². The predicted molar refractivity (Wildman–Crippen MR) is 70.3 cm³/mol. The van der Waals surface area contributed by atoms with Crippen molar-refractivity contribution in [2.45, 2.75) is 52.4 Å². The number of hydrogen-bond donors (Lipinski definition) is 0. The van der Waals surface area contributed by atoms with Crippen LogP contribution in [0.5, 0.6) is 5.75 Å². The zero-order valence-corrected chi connectivity index (χ0v) is 11.3. The molecule has 1 rings (SSSR count). The minimum absolute atomic E-state index is 0.234.